The number of carbonyl (C=O) groups is 4. The van der Waals surface area contributed by atoms with Gasteiger partial charge in [-0.2, -0.15) is 0 Å². The first-order chi connectivity index (χ1) is 16.8. The van der Waals surface area contributed by atoms with Crippen molar-refractivity contribution in [2.24, 2.45) is 11.8 Å². The van der Waals surface area contributed by atoms with E-state index in [0.717, 1.165) is 0 Å². The van der Waals surface area contributed by atoms with E-state index < -0.39 is 35.7 Å². The number of aromatic hydroxyl groups is 1. The highest BCUT2D eigenvalue weighted by atomic mass is 16.6. The number of carboxylic acids is 1. The zero-order valence-corrected chi connectivity index (χ0v) is 21.7. The third-order valence-corrected chi connectivity index (χ3v) is 6.32. The summed E-state index contributed by atoms with van der Waals surface area (Å²) >= 11 is 0. The van der Waals surface area contributed by atoms with Crippen molar-refractivity contribution < 1.29 is 34.1 Å². The summed E-state index contributed by atoms with van der Waals surface area (Å²) in [4.78, 5) is 51.7. The van der Waals surface area contributed by atoms with Crippen LogP contribution in [0.5, 0.6) is 5.75 Å². The van der Waals surface area contributed by atoms with Crippen LogP contribution in [0, 0.1) is 11.8 Å². The molecule has 36 heavy (non-hydrogen) atoms. The first-order valence-electron chi connectivity index (χ1n) is 12.4. The van der Waals surface area contributed by atoms with Crippen molar-refractivity contribution >= 4 is 23.9 Å². The molecule has 0 aliphatic carbocycles. The predicted molar refractivity (Wildman–Crippen MR) is 133 cm³/mol. The number of nitrogens with zero attached hydrogens (tertiary/aromatic N) is 1. The number of aliphatic carboxylic acids is 1. The molecule has 0 bridgehead atoms. The fraction of sp³-hybridized carbons (Fsp3) is 0.615. The number of carboxylic acid groups (broad SMARTS) is 1. The Morgan fingerprint density at radius 1 is 1.08 bits per heavy atom. The van der Waals surface area contributed by atoms with Gasteiger partial charge in [-0.3, -0.25) is 9.59 Å². The van der Waals surface area contributed by atoms with E-state index in [1.807, 2.05) is 13.8 Å². The summed E-state index contributed by atoms with van der Waals surface area (Å²) < 4.78 is 5.32. The largest absolute Gasteiger partial charge is 0.508 e. The Morgan fingerprint density at radius 2 is 1.67 bits per heavy atom. The van der Waals surface area contributed by atoms with Gasteiger partial charge in [-0.1, -0.05) is 32.4 Å². The molecule has 1 aromatic carbocycles. The number of alkyl carbamates (subject to hydrolysis) is 1. The Hall–Kier alpha value is -3.30. The lowest BCUT2D eigenvalue weighted by Gasteiger charge is -2.35. The van der Waals surface area contributed by atoms with E-state index in [1.54, 1.807) is 37.8 Å². The molecule has 0 aromatic heterocycles. The number of carbonyl (C=O) groups excluding carboxylic acids is 3. The molecule has 4 N–H and O–H groups in total. The molecule has 1 aromatic rings. The lowest BCUT2D eigenvalue weighted by atomic mass is 9.92. The van der Waals surface area contributed by atoms with Crippen LogP contribution in [0.3, 0.4) is 0 Å². The van der Waals surface area contributed by atoms with Crippen LogP contribution < -0.4 is 10.6 Å². The van der Waals surface area contributed by atoms with E-state index in [1.165, 1.54) is 12.1 Å². The van der Waals surface area contributed by atoms with Gasteiger partial charge in [0.05, 0.1) is 0 Å². The average molecular weight is 506 g/mol. The van der Waals surface area contributed by atoms with Gasteiger partial charge in [-0.25, -0.2) is 9.59 Å². The molecule has 2 rings (SSSR count). The van der Waals surface area contributed by atoms with E-state index >= 15 is 0 Å². The van der Waals surface area contributed by atoms with E-state index in [4.69, 9.17) is 4.74 Å². The number of benzene rings is 1. The normalized spacial score (nSPS) is 17.0. The zero-order chi connectivity index (χ0) is 27.0. The predicted octanol–water partition coefficient (Wildman–Crippen LogP) is 2.68. The Kier molecular flexibility index (Phi) is 10.1. The number of piperidine rings is 1. The van der Waals surface area contributed by atoms with Crippen molar-refractivity contribution in [3.8, 4) is 5.75 Å². The van der Waals surface area contributed by atoms with Crippen LogP contribution in [0.4, 0.5) is 4.79 Å². The minimum absolute atomic E-state index is 0.0767. The molecule has 0 spiro atoms. The maximum atomic E-state index is 13.2. The SMILES string of the molecule is CCC(C)[C@H](NC(=O)OC(C)(C)C)C(=O)N1CCC(C(=O)N[C@@H](Cc2ccc(O)cc2)C(=O)O)CC1. The first-order valence-corrected chi connectivity index (χ1v) is 12.4. The minimum Gasteiger partial charge on any atom is -0.508 e. The van der Waals surface area contributed by atoms with Gasteiger partial charge in [0.2, 0.25) is 11.8 Å². The first kappa shape index (κ1) is 28.9. The van der Waals surface area contributed by atoms with Crippen molar-refractivity contribution in [2.75, 3.05) is 13.1 Å². The molecule has 0 saturated carbocycles. The molecule has 10 heteroatoms. The second-order valence-electron chi connectivity index (χ2n) is 10.4. The van der Waals surface area contributed by atoms with Crippen LogP contribution in [0.25, 0.3) is 0 Å². The molecule has 1 unspecified atom stereocenters. The van der Waals surface area contributed by atoms with Gasteiger partial charge in [-0.15, -0.1) is 0 Å². The van der Waals surface area contributed by atoms with Crippen LogP contribution in [-0.4, -0.2) is 69.8 Å². The maximum absolute atomic E-state index is 13.2. The maximum Gasteiger partial charge on any atom is 0.408 e. The lowest BCUT2D eigenvalue weighted by Crippen LogP contribution is -2.55. The average Bonchev–Trinajstić information content (AvgIpc) is 2.81. The van der Waals surface area contributed by atoms with Gasteiger partial charge in [0.1, 0.15) is 23.4 Å². The van der Waals surface area contributed by atoms with Crippen LogP contribution in [0.2, 0.25) is 0 Å². The highest BCUT2D eigenvalue weighted by molar-refractivity contribution is 5.87. The number of hydrogen-bond donors (Lipinski definition) is 4. The van der Waals surface area contributed by atoms with Crippen LogP contribution >= 0.6 is 0 Å². The van der Waals surface area contributed by atoms with Gasteiger partial charge < -0.3 is 30.5 Å². The topological polar surface area (TPSA) is 145 Å². The van der Waals surface area contributed by atoms with Crippen molar-refractivity contribution in [1.29, 1.82) is 0 Å². The standard InChI is InChI=1S/C26H39N3O7/c1-6-16(2)21(28-25(35)36-26(3,4)5)23(32)29-13-11-18(12-14-29)22(31)27-20(24(33)34)15-17-7-9-19(30)10-8-17/h7-10,16,18,20-21,30H,6,11-15H2,1-5H3,(H,27,31)(H,28,35)(H,33,34)/t16?,20-,21-/m0/s1. The molecule has 0 radical (unpaired) electrons. The van der Waals surface area contributed by atoms with Crippen LogP contribution in [-0.2, 0) is 25.5 Å². The third-order valence-electron chi connectivity index (χ3n) is 6.32. The summed E-state index contributed by atoms with van der Waals surface area (Å²) in [6.45, 7) is 9.74. The van der Waals surface area contributed by atoms with Gasteiger partial charge in [0.15, 0.2) is 0 Å². The molecule has 1 aliphatic heterocycles. The van der Waals surface area contributed by atoms with Crippen LogP contribution in [0.1, 0.15) is 59.4 Å². The van der Waals surface area contributed by atoms with E-state index in [9.17, 15) is 29.4 Å². The van der Waals surface area contributed by atoms with E-state index in [0.29, 0.717) is 37.9 Å². The second-order valence-corrected chi connectivity index (χ2v) is 10.4. The summed E-state index contributed by atoms with van der Waals surface area (Å²) in [6.07, 6.45) is 0.906. The minimum atomic E-state index is -1.14. The number of amides is 3. The zero-order valence-electron chi connectivity index (χ0n) is 21.7. The number of hydrogen-bond acceptors (Lipinski definition) is 6. The smallest absolute Gasteiger partial charge is 0.408 e. The van der Waals surface area contributed by atoms with E-state index in [-0.39, 0.29) is 29.9 Å². The van der Waals surface area contributed by atoms with Crippen molar-refractivity contribution in [2.45, 2.75) is 78.0 Å². The molecular formula is C26H39N3O7. The molecule has 1 heterocycles. The monoisotopic (exact) mass is 505 g/mol. The quantitative estimate of drug-likeness (QED) is 0.404. The Balaban J connectivity index is 1.95. The molecule has 10 nitrogen and oxygen atoms in total. The lowest BCUT2D eigenvalue weighted by molar-refractivity contribution is -0.143. The molecule has 1 saturated heterocycles. The summed E-state index contributed by atoms with van der Waals surface area (Å²) in [6, 6.07) is 4.31. The highest BCUT2D eigenvalue weighted by Gasteiger charge is 2.35. The number of nitrogens with one attached hydrogen (secondary N) is 2. The summed E-state index contributed by atoms with van der Waals surface area (Å²) in [5, 5.41) is 24.3. The number of phenolic OH excluding ortho intramolecular Hbond substituents is 1. The summed E-state index contributed by atoms with van der Waals surface area (Å²) in [5.41, 5.74) is -0.0101. The number of likely N-dealkylation sites (tertiary alicyclic amines) is 1. The third kappa shape index (κ3) is 8.73. The van der Waals surface area contributed by atoms with Crippen molar-refractivity contribution in [1.82, 2.24) is 15.5 Å². The number of ether oxygens (including phenoxy) is 1. The summed E-state index contributed by atoms with van der Waals surface area (Å²) in [7, 11) is 0. The Bertz CT molecular complexity index is 918. The van der Waals surface area contributed by atoms with Crippen molar-refractivity contribution in [3.05, 3.63) is 29.8 Å². The molecule has 200 valence electrons. The Labute approximate surface area is 212 Å². The van der Waals surface area contributed by atoms with Gasteiger partial charge in [0.25, 0.3) is 0 Å². The Morgan fingerprint density at radius 3 is 2.17 bits per heavy atom. The van der Waals surface area contributed by atoms with Gasteiger partial charge in [-0.05, 0) is 57.2 Å². The van der Waals surface area contributed by atoms with E-state index in [2.05, 4.69) is 10.6 Å². The molecule has 3 amide bonds. The van der Waals surface area contributed by atoms with Gasteiger partial charge >= 0.3 is 12.1 Å². The molecule has 1 fully saturated rings. The molecule has 1 aliphatic rings. The highest BCUT2D eigenvalue weighted by Crippen LogP contribution is 2.21. The van der Waals surface area contributed by atoms with Crippen molar-refractivity contribution in [3.63, 3.8) is 0 Å². The molecule has 3 atom stereocenters. The second kappa shape index (κ2) is 12.6. The number of rotatable bonds is 9. The molecular weight excluding hydrogens is 466 g/mol. The number of phenols is 1. The fourth-order valence-electron chi connectivity index (χ4n) is 4.03. The fourth-order valence-corrected chi connectivity index (χ4v) is 4.03. The summed E-state index contributed by atoms with van der Waals surface area (Å²) in [5.74, 6) is -2.18. The van der Waals surface area contributed by atoms with Gasteiger partial charge in [0, 0.05) is 25.4 Å². The van der Waals surface area contributed by atoms with Crippen LogP contribution in [0.15, 0.2) is 24.3 Å².